The molecule has 0 bridgehead atoms. The number of nitrogens with zero attached hydrogens (tertiary/aromatic N) is 3. The number of benzene rings is 2. The fraction of sp³-hybridized carbons (Fsp3) is 0.263. The molecule has 0 radical (unpaired) electrons. The molecule has 1 aromatic heterocycles. The second-order valence-electron chi connectivity index (χ2n) is 5.91. The minimum absolute atomic E-state index is 0.0890. The third-order valence-electron chi connectivity index (χ3n) is 4.08. The average Bonchev–Trinajstić information content (AvgIpc) is 2.98. The van der Waals surface area contributed by atoms with Gasteiger partial charge in [0.2, 0.25) is 0 Å². The van der Waals surface area contributed by atoms with Crippen LogP contribution in [0.1, 0.15) is 23.0 Å². The molecule has 0 atom stereocenters. The van der Waals surface area contributed by atoms with Crippen LogP contribution in [0, 0.1) is 0 Å². The second-order valence-corrected chi connectivity index (χ2v) is 5.91. The zero-order valence-electron chi connectivity index (χ0n) is 14.3. The second kappa shape index (κ2) is 6.74. The van der Waals surface area contributed by atoms with Crippen LogP contribution in [0.15, 0.2) is 48.5 Å². The lowest BCUT2D eigenvalue weighted by molar-refractivity contribution is 0.0950. The number of anilines is 1. The molecule has 0 fully saturated rings. The van der Waals surface area contributed by atoms with Gasteiger partial charge < -0.3 is 10.2 Å². The smallest absolute Gasteiger partial charge is 0.251 e. The summed E-state index contributed by atoms with van der Waals surface area (Å²) in [5, 5.41) is 8.68. The van der Waals surface area contributed by atoms with Crippen molar-refractivity contribution in [2.24, 2.45) is 0 Å². The molecule has 1 heterocycles. The van der Waals surface area contributed by atoms with Crippen LogP contribution in [-0.2, 0) is 13.1 Å². The number of carbonyl (C=O) groups excluding carboxylic acids is 1. The van der Waals surface area contributed by atoms with Gasteiger partial charge in [0, 0.05) is 37.3 Å². The van der Waals surface area contributed by atoms with E-state index in [4.69, 9.17) is 0 Å². The van der Waals surface area contributed by atoms with Gasteiger partial charge in [-0.15, -0.1) is 0 Å². The number of para-hydroxylation sites is 1. The van der Waals surface area contributed by atoms with E-state index >= 15 is 0 Å². The van der Waals surface area contributed by atoms with Crippen LogP contribution in [0.25, 0.3) is 10.9 Å². The number of amides is 1. The standard InChI is InChI=1S/C19H22N4O/c1-4-23-18-11-6-5-10-16(18)17(21-23)13-20-19(24)14-8-7-9-15(12-14)22(2)3/h5-12H,4,13H2,1-3H3,(H,20,24). The first-order valence-electron chi connectivity index (χ1n) is 8.10. The van der Waals surface area contributed by atoms with Gasteiger partial charge in [0.05, 0.1) is 17.8 Å². The van der Waals surface area contributed by atoms with E-state index in [-0.39, 0.29) is 5.91 Å². The molecule has 0 unspecified atom stereocenters. The number of rotatable bonds is 5. The van der Waals surface area contributed by atoms with Gasteiger partial charge in [-0.25, -0.2) is 0 Å². The monoisotopic (exact) mass is 322 g/mol. The Hall–Kier alpha value is -2.82. The van der Waals surface area contributed by atoms with Gasteiger partial charge in [0.1, 0.15) is 0 Å². The van der Waals surface area contributed by atoms with E-state index < -0.39 is 0 Å². The highest BCUT2D eigenvalue weighted by atomic mass is 16.1. The molecule has 0 spiro atoms. The molecule has 1 N–H and O–H groups in total. The summed E-state index contributed by atoms with van der Waals surface area (Å²) in [5.74, 6) is -0.0890. The summed E-state index contributed by atoms with van der Waals surface area (Å²) in [6.07, 6.45) is 0. The van der Waals surface area contributed by atoms with Crippen LogP contribution in [0.4, 0.5) is 5.69 Å². The topological polar surface area (TPSA) is 50.2 Å². The predicted octanol–water partition coefficient (Wildman–Crippen LogP) is 3.05. The Labute approximate surface area is 141 Å². The molecule has 2 aromatic carbocycles. The highest BCUT2D eigenvalue weighted by Gasteiger charge is 2.12. The maximum absolute atomic E-state index is 12.4. The number of aryl methyl sites for hydroxylation is 1. The number of fused-ring (bicyclic) bond motifs is 1. The van der Waals surface area contributed by atoms with Crippen LogP contribution >= 0.6 is 0 Å². The molecule has 5 nitrogen and oxygen atoms in total. The van der Waals surface area contributed by atoms with E-state index in [1.807, 2.05) is 66.1 Å². The van der Waals surface area contributed by atoms with Crippen molar-refractivity contribution in [3.05, 3.63) is 59.8 Å². The van der Waals surface area contributed by atoms with Gasteiger partial charge in [0.25, 0.3) is 5.91 Å². The van der Waals surface area contributed by atoms with Crippen molar-refractivity contribution in [1.29, 1.82) is 0 Å². The van der Waals surface area contributed by atoms with Gasteiger partial charge in [-0.3, -0.25) is 9.48 Å². The Bertz CT molecular complexity index is 867. The molecular weight excluding hydrogens is 300 g/mol. The predicted molar refractivity (Wildman–Crippen MR) is 97.3 cm³/mol. The number of carbonyl (C=O) groups is 1. The zero-order valence-corrected chi connectivity index (χ0v) is 14.3. The number of hydrogen-bond donors (Lipinski definition) is 1. The van der Waals surface area contributed by atoms with E-state index in [9.17, 15) is 4.79 Å². The number of aromatic nitrogens is 2. The van der Waals surface area contributed by atoms with E-state index in [1.54, 1.807) is 0 Å². The van der Waals surface area contributed by atoms with E-state index in [2.05, 4.69) is 23.4 Å². The zero-order chi connectivity index (χ0) is 17.1. The Kier molecular flexibility index (Phi) is 4.51. The Morgan fingerprint density at radius 2 is 1.96 bits per heavy atom. The van der Waals surface area contributed by atoms with Crippen LogP contribution in [0.3, 0.4) is 0 Å². The third kappa shape index (κ3) is 3.11. The van der Waals surface area contributed by atoms with Crippen molar-refractivity contribution in [2.45, 2.75) is 20.0 Å². The largest absolute Gasteiger partial charge is 0.378 e. The quantitative estimate of drug-likeness (QED) is 0.785. The van der Waals surface area contributed by atoms with Gasteiger partial charge >= 0.3 is 0 Å². The van der Waals surface area contributed by atoms with Gasteiger partial charge in [-0.1, -0.05) is 24.3 Å². The Morgan fingerprint density at radius 1 is 1.17 bits per heavy atom. The lowest BCUT2D eigenvalue weighted by Crippen LogP contribution is -2.23. The molecule has 5 heteroatoms. The molecule has 24 heavy (non-hydrogen) atoms. The molecule has 0 saturated carbocycles. The Morgan fingerprint density at radius 3 is 2.71 bits per heavy atom. The molecule has 0 aliphatic rings. The maximum Gasteiger partial charge on any atom is 0.251 e. The molecule has 0 aliphatic heterocycles. The van der Waals surface area contributed by atoms with Crippen LogP contribution in [-0.4, -0.2) is 29.8 Å². The lowest BCUT2D eigenvalue weighted by Gasteiger charge is -2.13. The van der Waals surface area contributed by atoms with Crippen molar-refractivity contribution in [1.82, 2.24) is 15.1 Å². The van der Waals surface area contributed by atoms with Gasteiger partial charge in [0.15, 0.2) is 0 Å². The van der Waals surface area contributed by atoms with Crippen molar-refractivity contribution in [3.63, 3.8) is 0 Å². The summed E-state index contributed by atoms with van der Waals surface area (Å²) in [7, 11) is 3.92. The first kappa shape index (κ1) is 16.1. The highest BCUT2D eigenvalue weighted by molar-refractivity contribution is 5.95. The fourth-order valence-corrected chi connectivity index (χ4v) is 2.76. The fourth-order valence-electron chi connectivity index (χ4n) is 2.76. The van der Waals surface area contributed by atoms with E-state index in [0.717, 1.165) is 28.8 Å². The normalized spacial score (nSPS) is 10.8. The summed E-state index contributed by atoms with van der Waals surface area (Å²) in [5.41, 5.74) is 3.65. The average molecular weight is 322 g/mol. The third-order valence-corrected chi connectivity index (χ3v) is 4.08. The summed E-state index contributed by atoms with van der Waals surface area (Å²) in [4.78, 5) is 14.4. The molecule has 0 aliphatic carbocycles. The highest BCUT2D eigenvalue weighted by Crippen LogP contribution is 2.18. The first-order valence-corrected chi connectivity index (χ1v) is 8.10. The molecular formula is C19H22N4O. The van der Waals surface area contributed by atoms with Crippen molar-refractivity contribution in [3.8, 4) is 0 Å². The minimum atomic E-state index is -0.0890. The molecule has 3 rings (SSSR count). The molecule has 124 valence electrons. The molecule has 1 amide bonds. The number of nitrogens with one attached hydrogen (secondary N) is 1. The van der Waals surface area contributed by atoms with Gasteiger partial charge in [-0.2, -0.15) is 5.10 Å². The summed E-state index contributed by atoms with van der Waals surface area (Å²) in [6, 6.07) is 15.7. The molecule has 3 aromatic rings. The Balaban J connectivity index is 1.79. The summed E-state index contributed by atoms with van der Waals surface area (Å²) >= 11 is 0. The van der Waals surface area contributed by atoms with Gasteiger partial charge in [-0.05, 0) is 31.2 Å². The first-order chi connectivity index (χ1) is 11.6. The van der Waals surface area contributed by atoms with E-state index in [1.165, 1.54) is 0 Å². The van der Waals surface area contributed by atoms with Crippen molar-refractivity contribution in [2.75, 3.05) is 19.0 Å². The maximum atomic E-state index is 12.4. The summed E-state index contributed by atoms with van der Waals surface area (Å²) in [6.45, 7) is 3.28. The van der Waals surface area contributed by atoms with Crippen LogP contribution < -0.4 is 10.2 Å². The minimum Gasteiger partial charge on any atom is -0.378 e. The van der Waals surface area contributed by atoms with Crippen molar-refractivity contribution < 1.29 is 4.79 Å². The van der Waals surface area contributed by atoms with Crippen molar-refractivity contribution >= 4 is 22.5 Å². The number of hydrogen-bond acceptors (Lipinski definition) is 3. The SMILES string of the molecule is CCn1nc(CNC(=O)c2cccc(N(C)C)c2)c2ccccc21. The summed E-state index contributed by atoms with van der Waals surface area (Å²) < 4.78 is 1.96. The lowest BCUT2D eigenvalue weighted by atomic mass is 10.1. The molecule has 0 saturated heterocycles. The van der Waals surface area contributed by atoms with E-state index in [0.29, 0.717) is 12.1 Å². The van der Waals surface area contributed by atoms with Crippen LogP contribution in [0.5, 0.6) is 0 Å². The van der Waals surface area contributed by atoms with Crippen LogP contribution in [0.2, 0.25) is 0 Å².